The largest absolute Gasteiger partial charge is 0.382 e. The number of carbonyl (C=O) groups excluding carboxylic acids is 1. The van der Waals surface area contributed by atoms with Crippen molar-refractivity contribution < 1.29 is 9.53 Å². The van der Waals surface area contributed by atoms with Crippen LogP contribution in [-0.2, 0) is 21.4 Å². The van der Waals surface area contributed by atoms with Crippen LogP contribution < -0.4 is 10.6 Å². The number of hydrogen-bond acceptors (Lipinski definition) is 5. The zero-order chi connectivity index (χ0) is 20.3. The molecule has 1 heterocycles. The minimum atomic E-state index is -0.0280. The van der Waals surface area contributed by atoms with Gasteiger partial charge in [0.05, 0.1) is 10.7 Å². The first kappa shape index (κ1) is 27.1. The second-order valence-corrected chi connectivity index (χ2v) is 8.36. The van der Waals surface area contributed by atoms with E-state index in [1.807, 2.05) is 6.92 Å². The molecule has 0 atom stereocenters. The van der Waals surface area contributed by atoms with Crippen LogP contribution in [0.15, 0.2) is 10.4 Å². The summed E-state index contributed by atoms with van der Waals surface area (Å²) in [6.45, 7) is 11.5. The van der Waals surface area contributed by atoms with Crippen LogP contribution in [0.25, 0.3) is 0 Å². The second-order valence-electron chi connectivity index (χ2n) is 7.50. The van der Waals surface area contributed by atoms with Gasteiger partial charge in [0.25, 0.3) is 0 Å². The Morgan fingerprint density at radius 1 is 1.29 bits per heavy atom. The molecule has 0 spiro atoms. The summed E-state index contributed by atoms with van der Waals surface area (Å²) >= 11 is 1.71. The Labute approximate surface area is 190 Å². The first-order chi connectivity index (χ1) is 12.7. The molecule has 0 saturated carbocycles. The maximum atomic E-state index is 11.8. The monoisotopic (exact) mass is 525 g/mol. The molecule has 28 heavy (non-hydrogen) atoms. The number of carbonyl (C=O) groups is 1. The summed E-state index contributed by atoms with van der Waals surface area (Å²) in [4.78, 5) is 22.4. The summed E-state index contributed by atoms with van der Waals surface area (Å²) in [5, 5.41) is 9.82. The summed E-state index contributed by atoms with van der Waals surface area (Å²) in [5.41, 5.74) is 1.16. The zero-order valence-electron chi connectivity index (χ0n) is 18.0. The molecule has 0 radical (unpaired) electrons. The lowest BCUT2D eigenvalue weighted by molar-refractivity contribution is -0.127. The van der Waals surface area contributed by atoms with E-state index in [1.165, 1.54) is 0 Å². The Balaban J connectivity index is 0.00000729. The highest BCUT2D eigenvalue weighted by atomic mass is 127. The molecule has 162 valence electrons. The minimum absolute atomic E-state index is 0. The van der Waals surface area contributed by atoms with Gasteiger partial charge in [0.15, 0.2) is 5.96 Å². The number of nitrogens with zero attached hydrogens (tertiary/aromatic N) is 3. The van der Waals surface area contributed by atoms with E-state index in [2.05, 4.69) is 41.8 Å². The van der Waals surface area contributed by atoms with Gasteiger partial charge in [-0.2, -0.15) is 0 Å². The third-order valence-electron chi connectivity index (χ3n) is 3.70. The number of thiazole rings is 1. The Morgan fingerprint density at radius 3 is 2.54 bits per heavy atom. The molecule has 0 aromatic carbocycles. The fraction of sp³-hybridized carbons (Fsp3) is 0.737. The van der Waals surface area contributed by atoms with Gasteiger partial charge in [0.1, 0.15) is 6.54 Å². The molecule has 1 aromatic rings. The van der Waals surface area contributed by atoms with Gasteiger partial charge >= 0.3 is 0 Å². The molecule has 2 N–H and O–H groups in total. The first-order valence-corrected chi connectivity index (χ1v) is 10.4. The van der Waals surface area contributed by atoms with Crippen molar-refractivity contribution in [3.05, 3.63) is 16.1 Å². The fourth-order valence-electron chi connectivity index (χ4n) is 2.06. The molecule has 0 saturated heterocycles. The Hall–Kier alpha value is -0.940. The molecular weight excluding hydrogens is 489 g/mol. The van der Waals surface area contributed by atoms with Crippen molar-refractivity contribution >= 4 is 47.2 Å². The molecule has 0 aliphatic carbocycles. The smallest absolute Gasteiger partial charge is 0.243 e. The van der Waals surface area contributed by atoms with Crippen LogP contribution in [0.1, 0.15) is 44.8 Å². The molecule has 0 aliphatic heterocycles. The number of guanidine groups is 1. The number of nitrogens with one attached hydrogen (secondary N) is 2. The quantitative estimate of drug-likeness (QED) is 0.213. The Kier molecular flexibility index (Phi) is 13.6. The van der Waals surface area contributed by atoms with E-state index in [9.17, 15) is 4.79 Å². The highest BCUT2D eigenvalue weighted by Gasteiger charge is 2.17. The highest BCUT2D eigenvalue weighted by Crippen LogP contribution is 2.25. The number of rotatable bonds is 10. The van der Waals surface area contributed by atoms with Gasteiger partial charge < -0.3 is 20.3 Å². The van der Waals surface area contributed by atoms with Gasteiger partial charge in [0, 0.05) is 57.6 Å². The van der Waals surface area contributed by atoms with E-state index < -0.39 is 0 Å². The molecule has 9 heteroatoms. The average Bonchev–Trinajstić information content (AvgIpc) is 3.07. The molecule has 1 aromatic heterocycles. The maximum Gasteiger partial charge on any atom is 0.243 e. The summed E-state index contributed by atoms with van der Waals surface area (Å²) in [5.74, 6) is 0.618. The van der Waals surface area contributed by atoms with E-state index >= 15 is 0 Å². The van der Waals surface area contributed by atoms with E-state index in [-0.39, 0.29) is 41.8 Å². The number of ether oxygens (including phenoxy) is 1. The molecule has 0 fully saturated rings. The van der Waals surface area contributed by atoms with Gasteiger partial charge in [0.2, 0.25) is 5.91 Å². The molecule has 0 bridgehead atoms. The average molecular weight is 526 g/mol. The summed E-state index contributed by atoms with van der Waals surface area (Å²) < 4.78 is 5.35. The topological polar surface area (TPSA) is 78.8 Å². The Bertz CT molecular complexity index is 599. The van der Waals surface area contributed by atoms with Crippen molar-refractivity contribution in [1.29, 1.82) is 0 Å². The van der Waals surface area contributed by atoms with Gasteiger partial charge in [-0.3, -0.25) is 4.79 Å². The van der Waals surface area contributed by atoms with E-state index in [0.29, 0.717) is 19.1 Å². The lowest BCUT2D eigenvalue weighted by Gasteiger charge is -2.14. The van der Waals surface area contributed by atoms with Gasteiger partial charge in [-0.25, -0.2) is 9.98 Å². The predicted molar refractivity (Wildman–Crippen MR) is 128 cm³/mol. The third-order valence-corrected chi connectivity index (χ3v) is 5.02. The normalized spacial score (nSPS) is 11.7. The molecule has 0 aliphatic rings. The second kappa shape index (κ2) is 14.1. The van der Waals surface area contributed by atoms with Crippen LogP contribution in [0.5, 0.6) is 0 Å². The van der Waals surface area contributed by atoms with Crippen LogP contribution in [0.4, 0.5) is 0 Å². The van der Waals surface area contributed by atoms with Gasteiger partial charge in [-0.1, -0.05) is 20.8 Å². The zero-order valence-corrected chi connectivity index (χ0v) is 21.1. The summed E-state index contributed by atoms with van der Waals surface area (Å²) in [6, 6.07) is 0. The molecule has 1 amide bonds. The van der Waals surface area contributed by atoms with Crippen molar-refractivity contribution in [2.75, 3.05) is 46.9 Å². The third kappa shape index (κ3) is 11.2. The van der Waals surface area contributed by atoms with Crippen molar-refractivity contribution in [3.8, 4) is 0 Å². The predicted octanol–water partition coefficient (Wildman–Crippen LogP) is 2.65. The molecule has 0 unspecified atom stereocenters. The van der Waals surface area contributed by atoms with Crippen molar-refractivity contribution in [3.63, 3.8) is 0 Å². The number of amides is 1. The van der Waals surface area contributed by atoms with Crippen LogP contribution in [0, 0.1) is 0 Å². The van der Waals surface area contributed by atoms with E-state index in [1.54, 1.807) is 30.3 Å². The van der Waals surface area contributed by atoms with Crippen molar-refractivity contribution in [1.82, 2.24) is 20.5 Å². The summed E-state index contributed by atoms with van der Waals surface area (Å²) in [6.07, 6.45) is 1.70. The number of halogens is 1. The van der Waals surface area contributed by atoms with Crippen LogP contribution in [-0.4, -0.2) is 68.7 Å². The van der Waals surface area contributed by atoms with E-state index in [4.69, 9.17) is 9.72 Å². The molecular formula is C19H36IN5O2S. The van der Waals surface area contributed by atoms with Crippen molar-refractivity contribution in [2.24, 2.45) is 4.99 Å². The van der Waals surface area contributed by atoms with Crippen LogP contribution >= 0.6 is 35.3 Å². The Morgan fingerprint density at radius 2 is 1.96 bits per heavy atom. The maximum absolute atomic E-state index is 11.8. The molecule has 7 nitrogen and oxygen atoms in total. The first-order valence-electron chi connectivity index (χ1n) is 9.49. The number of aromatic nitrogens is 1. The van der Waals surface area contributed by atoms with Crippen LogP contribution in [0.2, 0.25) is 0 Å². The SMILES string of the molecule is CCOCCCNC(=NCC(=O)N(C)C)NCCc1csc(C(C)(C)C)n1.I. The standard InChI is InChI=1S/C19H35N5O2S.HI/c1-7-26-12-8-10-20-18(22-13-16(25)24(5)6)21-11-9-15-14-27-17(23-15)19(2,3)4;/h14H,7-13H2,1-6H3,(H2,20,21,22);1H. The fourth-order valence-corrected chi connectivity index (χ4v) is 3.00. The number of likely N-dealkylation sites (N-methyl/N-ethyl adjacent to an activating group) is 1. The number of hydrogen-bond donors (Lipinski definition) is 2. The lowest BCUT2D eigenvalue weighted by atomic mass is 9.98. The molecule has 1 rings (SSSR count). The van der Waals surface area contributed by atoms with Crippen LogP contribution in [0.3, 0.4) is 0 Å². The van der Waals surface area contributed by atoms with Gasteiger partial charge in [-0.05, 0) is 13.3 Å². The number of aliphatic imine (C=N–C) groups is 1. The van der Waals surface area contributed by atoms with Gasteiger partial charge in [-0.15, -0.1) is 35.3 Å². The van der Waals surface area contributed by atoms with Crippen molar-refractivity contribution in [2.45, 2.75) is 46.0 Å². The highest BCUT2D eigenvalue weighted by molar-refractivity contribution is 14.0. The lowest BCUT2D eigenvalue weighted by Crippen LogP contribution is -2.40. The minimum Gasteiger partial charge on any atom is -0.382 e. The summed E-state index contributed by atoms with van der Waals surface area (Å²) in [7, 11) is 3.46. The van der Waals surface area contributed by atoms with E-state index in [0.717, 1.165) is 36.7 Å².